The summed E-state index contributed by atoms with van der Waals surface area (Å²) in [6, 6.07) is 9.23. The molecule has 1 atom stereocenters. The summed E-state index contributed by atoms with van der Waals surface area (Å²) >= 11 is 0. The molecule has 0 spiro atoms. The fourth-order valence-electron chi connectivity index (χ4n) is 2.56. The summed E-state index contributed by atoms with van der Waals surface area (Å²) < 4.78 is 1.92. The molecule has 128 valence electrons. The highest BCUT2D eigenvalue weighted by atomic mass is 16.4. The topological polar surface area (TPSA) is 113 Å². The summed E-state index contributed by atoms with van der Waals surface area (Å²) in [5, 5.41) is 12.0. The molecule has 1 aromatic carbocycles. The Bertz CT molecular complexity index is 842. The molecular weight excluding hydrogens is 322 g/mol. The van der Waals surface area contributed by atoms with Crippen LogP contribution in [0.3, 0.4) is 0 Å². The zero-order valence-electron chi connectivity index (χ0n) is 13.3. The second-order valence-corrected chi connectivity index (χ2v) is 5.46. The molecular formula is C17H17N5O3. The van der Waals surface area contributed by atoms with Gasteiger partial charge in [0.2, 0.25) is 0 Å². The van der Waals surface area contributed by atoms with Crippen molar-refractivity contribution in [2.75, 3.05) is 0 Å². The molecule has 3 N–H and O–H groups in total. The SMILES string of the molecule is O=C(NC(CCn1ccnc1)c1ccccc1)c1nc[nH]c1C(=O)O. The van der Waals surface area contributed by atoms with E-state index in [9.17, 15) is 9.59 Å². The number of carboxylic acids is 1. The number of aryl methyl sites for hydroxylation is 1. The molecule has 8 nitrogen and oxygen atoms in total. The Hall–Kier alpha value is -3.42. The maximum atomic E-state index is 12.5. The second-order valence-electron chi connectivity index (χ2n) is 5.46. The van der Waals surface area contributed by atoms with Crippen molar-refractivity contribution in [2.24, 2.45) is 0 Å². The number of hydrogen-bond donors (Lipinski definition) is 3. The zero-order chi connectivity index (χ0) is 17.6. The maximum Gasteiger partial charge on any atom is 0.354 e. The lowest BCUT2D eigenvalue weighted by atomic mass is 10.0. The van der Waals surface area contributed by atoms with Crippen molar-refractivity contribution in [2.45, 2.75) is 19.0 Å². The molecule has 3 rings (SSSR count). The third-order valence-electron chi connectivity index (χ3n) is 3.81. The van der Waals surface area contributed by atoms with E-state index in [4.69, 9.17) is 5.11 Å². The number of benzene rings is 1. The van der Waals surface area contributed by atoms with Gasteiger partial charge >= 0.3 is 5.97 Å². The van der Waals surface area contributed by atoms with Gasteiger partial charge < -0.3 is 20.0 Å². The van der Waals surface area contributed by atoms with Crippen LogP contribution in [0.25, 0.3) is 0 Å². The van der Waals surface area contributed by atoms with E-state index in [1.807, 2.05) is 41.1 Å². The summed E-state index contributed by atoms with van der Waals surface area (Å²) in [5.41, 5.74) is 0.582. The van der Waals surface area contributed by atoms with Crippen molar-refractivity contribution in [1.82, 2.24) is 24.8 Å². The van der Waals surface area contributed by atoms with Gasteiger partial charge in [-0.2, -0.15) is 0 Å². The van der Waals surface area contributed by atoms with Crippen LogP contribution >= 0.6 is 0 Å². The highest BCUT2D eigenvalue weighted by molar-refractivity contribution is 6.02. The lowest BCUT2D eigenvalue weighted by Gasteiger charge is -2.19. The number of hydrogen-bond acceptors (Lipinski definition) is 4. The molecule has 8 heteroatoms. The van der Waals surface area contributed by atoms with Crippen LogP contribution in [-0.2, 0) is 6.54 Å². The molecule has 2 aromatic heterocycles. The monoisotopic (exact) mass is 339 g/mol. The Morgan fingerprint density at radius 2 is 2.08 bits per heavy atom. The van der Waals surface area contributed by atoms with Crippen LogP contribution < -0.4 is 5.32 Å². The van der Waals surface area contributed by atoms with Gasteiger partial charge in [0, 0.05) is 18.9 Å². The average Bonchev–Trinajstić information content (AvgIpc) is 3.30. The molecule has 0 aliphatic rings. The van der Waals surface area contributed by atoms with Crippen LogP contribution in [-0.4, -0.2) is 36.5 Å². The number of imidazole rings is 2. The van der Waals surface area contributed by atoms with E-state index in [1.165, 1.54) is 6.33 Å². The van der Waals surface area contributed by atoms with Crippen LogP contribution in [0.2, 0.25) is 0 Å². The third kappa shape index (κ3) is 3.92. The van der Waals surface area contributed by atoms with Gasteiger partial charge in [0.25, 0.3) is 5.91 Å². The molecule has 0 radical (unpaired) electrons. The van der Waals surface area contributed by atoms with Crippen molar-refractivity contribution < 1.29 is 14.7 Å². The standard InChI is InChI=1S/C17H17N5O3/c23-16(14-15(17(24)25)20-10-19-14)21-13(12-4-2-1-3-5-12)6-8-22-9-7-18-11-22/h1-5,7,9-11,13H,6,8H2,(H,19,20)(H,21,23)(H,24,25). The van der Waals surface area contributed by atoms with Gasteiger partial charge in [0.15, 0.2) is 11.4 Å². The van der Waals surface area contributed by atoms with Crippen LogP contribution in [0.15, 0.2) is 55.4 Å². The highest BCUT2D eigenvalue weighted by Gasteiger charge is 2.22. The maximum absolute atomic E-state index is 12.5. The number of nitrogens with zero attached hydrogens (tertiary/aromatic N) is 3. The van der Waals surface area contributed by atoms with Crippen LogP contribution in [0.1, 0.15) is 39.0 Å². The average molecular weight is 339 g/mol. The Morgan fingerprint density at radius 3 is 2.76 bits per heavy atom. The van der Waals surface area contributed by atoms with Crippen molar-refractivity contribution in [1.29, 1.82) is 0 Å². The first kappa shape index (κ1) is 16.4. The normalized spacial score (nSPS) is 11.8. The first-order chi connectivity index (χ1) is 12.1. The van der Waals surface area contributed by atoms with Crippen molar-refractivity contribution >= 4 is 11.9 Å². The number of carboxylic acid groups (broad SMARTS) is 1. The van der Waals surface area contributed by atoms with Crippen LogP contribution in [0, 0.1) is 0 Å². The van der Waals surface area contributed by atoms with Gasteiger partial charge in [-0.05, 0) is 12.0 Å². The lowest BCUT2D eigenvalue weighted by Crippen LogP contribution is -2.30. The van der Waals surface area contributed by atoms with Gasteiger partial charge in [-0.25, -0.2) is 14.8 Å². The fourth-order valence-corrected chi connectivity index (χ4v) is 2.56. The molecule has 0 saturated carbocycles. The molecule has 25 heavy (non-hydrogen) atoms. The van der Waals surface area contributed by atoms with Gasteiger partial charge in [-0.3, -0.25) is 4.79 Å². The summed E-state index contributed by atoms with van der Waals surface area (Å²) in [6.45, 7) is 0.659. The predicted octanol–water partition coefficient (Wildman–Crippen LogP) is 1.87. The number of carbonyl (C=O) groups excluding carboxylic acids is 1. The van der Waals surface area contributed by atoms with E-state index in [-0.39, 0.29) is 17.4 Å². The summed E-state index contributed by atoms with van der Waals surface area (Å²) in [6.07, 6.45) is 7.07. The van der Waals surface area contributed by atoms with E-state index in [0.717, 1.165) is 5.56 Å². The van der Waals surface area contributed by atoms with E-state index >= 15 is 0 Å². The quantitative estimate of drug-likeness (QED) is 0.608. The molecule has 1 unspecified atom stereocenters. The molecule has 3 aromatic rings. The molecule has 0 aliphatic heterocycles. The van der Waals surface area contributed by atoms with Crippen LogP contribution in [0.4, 0.5) is 0 Å². The summed E-state index contributed by atoms with van der Waals surface area (Å²) in [4.78, 5) is 34.0. The molecule has 0 bridgehead atoms. The first-order valence-electron chi connectivity index (χ1n) is 7.73. The number of H-pyrrole nitrogens is 1. The minimum Gasteiger partial charge on any atom is -0.477 e. The molecule has 0 saturated heterocycles. The lowest BCUT2D eigenvalue weighted by molar-refractivity contribution is 0.0684. The Morgan fingerprint density at radius 1 is 1.28 bits per heavy atom. The first-order valence-corrected chi connectivity index (χ1v) is 7.73. The highest BCUT2D eigenvalue weighted by Crippen LogP contribution is 2.18. The van der Waals surface area contributed by atoms with Crippen molar-refractivity contribution in [3.05, 3.63) is 72.3 Å². The van der Waals surface area contributed by atoms with Gasteiger partial charge in [-0.1, -0.05) is 30.3 Å². The molecule has 1 amide bonds. The van der Waals surface area contributed by atoms with E-state index < -0.39 is 11.9 Å². The van der Waals surface area contributed by atoms with Crippen LogP contribution in [0.5, 0.6) is 0 Å². The number of nitrogens with one attached hydrogen (secondary N) is 2. The second kappa shape index (κ2) is 7.43. The third-order valence-corrected chi connectivity index (χ3v) is 3.81. The number of amides is 1. The van der Waals surface area contributed by atoms with E-state index in [0.29, 0.717) is 13.0 Å². The molecule has 2 heterocycles. The largest absolute Gasteiger partial charge is 0.477 e. The number of rotatable bonds is 7. The van der Waals surface area contributed by atoms with E-state index in [1.54, 1.807) is 12.5 Å². The Kier molecular flexibility index (Phi) is 4.89. The fraction of sp³-hybridized carbons (Fsp3) is 0.176. The van der Waals surface area contributed by atoms with Gasteiger partial charge in [-0.15, -0.1) is 0 Å². The summed E-state index contributed by atoms with van der Waals surface area (Å²) in [5.74, 6) is -1.75. The zero-order valence-corrected chi connectivity index (χ0v) is 13.3. The summed E-state index contributed by atoms with van der Waals surface area (Å²) in [7, 11) is 0. The molecule has 0 aliphatic carbocycles. The van der Waals surface area contributed by atoms with Crippen molar-refractivity contribution in [3.63, 3.8) is 0 Å². The number of aromatic carboxylic acids is 1. The van der Waals surface area contributed by atoms with Crippen molar-refractivity contribution in [3.8, 4) is 0 Å². The smallest absolute Gasteiger partial charge is 0.354 e. The minimum absolute atomic E-state index is 0.129. The van der Waals surface area contributed by atoms with E-state index in [2.05, 4.69) is 20.3 Å². The number of aromatic nitrogens is 4. The number of aromatic amines is 1. The van der Waals surface area contributed by atoms with Gasteiger partial charge in [0.1, 0.15) is 0 Å². The minimum atomic E-state index is -1.22. The van der Waals surface area contributed by atoms with Gasteiger partial charge in [0.05, 0.1) is 18.7 Å². The molecule has 0 fully saturated rings. The Balaban J connectivity index is 1.78. The number of carbonyl (C=O) groups is 2. The predicted molar refractivity (Wildman–Crippen MR) is 89.0 cm³/mol. The Labute approximate surface area is 143 Å².